The van der Waals surface area contributed by atoms with Crippen LogP contribution in [0.4, 0.5) is 5.69 Å². The Morgan fingerprint density at radius 1 is 1.26 bits per heavy atom. The van der Waals surface area contributed by atoms with E-state index in [4.69, 9.17) is 4.42 Å². The van der Waals surface area contributed by atoms with Gasteiger partial charge in [-0.3, -0.25) is 4.99 Å². The zero-order valence-corrected chi connectivity index (χ0v) is 10.9. The molecular weight excluding hydrogens is 258 g/mol. The van der Waals surface area contributed by atoms with Crippen molar-refractivity contribution in [3.05, 3.63) is 36.6 Å². The molecule has 94 valence electrons. The van der Waals surface area contributed by atoms with Gasteiger partial charge < -0.3 is 9.32 Å². The van der Waals surface area contributed by atoms with E-state index in [1.165, 1.54) is 10.4 Å². The minimum absolute atomic E-state index is 0.825. The molecule has 4 rings (SSSR count). The van der Waals surface area contributed by atoms with Gasteiger partial charge in [0.2, 0.25) is 0 Å². The molecule has 3 heterocycles. The number of benzene rings is 1. The minimum atomic E-state index is 0.825. The molecule has 1 aromatic carbocycles. The van der Waals surface area contributed by atoms with Gasteiger partial charge in [0, 0.05) is 12.2 Å². The fourth-order valence-corrected chi connectivity index (χ4v) is 3.14. The Morgan fingerprint density at radius 3 is 3.05 bits per heavy atom. The van der Waals surface area contributed by atoms with Crippen molar-refractivity contribution in [2.45, 2.75) is 0 Å². The third-order valence-electron chi connectivity index (χ3n) is 3.13. The molecule has 3 aromatic rings. The van der Waals surface area contributed by atoms with Gasteiger partial charge in [0.05, 0.1) is 29.4 Å². The number of aromatic nitrogens is 1. The average molecular weight is 269 g/mol. The first kappa shape index (κ1) is 10.8. The molecule has 2 aromatic heterocycles. The van der Waals surface area contributed by atoms with E-state index in [1.54, 1.807) is 17.6 Å². The van der Waals surface area contributed by atoms with Crippen LogP contribution >= 0.6 is 11.3 Å². The van der Waals surface area contributed by atoms with Gasteiger partial charge in [-0.2, -0.15) is 0 Å². The predicted octanol–water partition coefficient (Wildman–Crippen LogP) is 3.40. The number of hydrogen-bond acceptors (Lipinski definition) is 5. The Labute approximate surface area is 114 Å². The van der Waals surface area contributed by atoms with Crippen LogP contribution in [-0.4, -0.2) is 24.4 Å². The third-order valence-corrected chi connectivity index (χ3v) is 4.16. The lowest BCUT2D eigenvalue weighted by molar-refractivity contribution is 0.582. The quantitative estimate of drug-likeness (QED) is 0.716. The van der Waals surface area contributed by atoms with Crippen LogP contribution in [-0.2, 0) is 0 Å². The molecule has 0 fully saturated rings. The molecule has 0 aliphatic carbocycles. The second-order valence-electron chi connectivity index (χ2n) is 4.36. The fraction of sp³-hybridized carbons (Fsp3) is 0.143. The molecule has 0 bridgehead atoms. The zero-order chi connectivity index (χ0) is 12.7. The van der Waals surface area contributed by atoms with Gasteiger partial charge in [-0.25, -0.2) is 4.98 Å². The van der Waals surface area contributed by atoms with Crippen LogP contribution < -0.4 is 4.90 Å². The number of thiazole rings is 1. The molecule has 0 atom stereocenters. The van der Waals surface area contributed by atoms with E-state index in [0.717, 1.165) is 29.4 Å². The van der Waals surface area contributed by atoms with Crippen molar-refractivity contribution in [3.8, 4) is 10.8 Å². The highest BCUT2D eigenvalue weighted by atomic mass is 32.1. The Kier molecular flexibility index (Phi) is 2.38. The van der Waals surface area contributed by atoms with Crippen molar-refractivity contribution >= 4 is 33.6 Å². The molecule has 0 spiro atoms. The van der Waals surface area contributed by atoms with E-state index in [-0.39, 0.29) is 0 Å². The van der Waals surface area contributed by atoms with E-state index < -0.39 is 0 Å². The normalized spacial score (nSPS) is 14.6. The smallest absolute Gasteiger partial charge is 0.162 e. The first-order valence-electron chi connectivity index (χ1n) is 6.11. The Hall–Kier alpha value is -2.14. The van der Waals surface area contributed by atoms with E-state index in [9.17, 15) is 0 Å². The lowest BCUT2D eigenvalue weighted by Crippen LogP contribution is -2.17. The monoisotopic (exact) mass is 269 g/mol. The Balaban J connectivity index is 1.79. The maximum absolute atomic E-state index is 5.40. The summed E-state index contributed by atoms with van der Waals surface area (Å²) >= 11 is 1.65. The summed E-state index contributed by atoms with van der Waals surface area (Å²) in [6, 6.07) is 10.1. The third kappa shape index (κ3) is 1.82. The molecule has 0 radical (unpaired) electrons. The van der Waals surface area contributed by atoms with Crippen molar-refractivity contribution in [1.29, 1.82) is 0 Å². The minimum Gasteiger partial charge on any atom is -0.462 e. The topological polar surface area (TPSA) is 41.6 Å². The number of nitrogens with zero attached hydrogens (tertiary/aromatic N) is 3. The molecule has 0 amide bonds. The highest BCUT2D eigenvalue weighted by Crippen LogP contribution is 2.32. The zero-order valence-electron chi connectivity index (χ0n) is 10.1. The van der Waals surface area contributed by atoms with Crippen LogP contribution in [0, 0.1) is 0 Å². The van der Waals surface area contributed by atoms with Crippen molar-refractivity contribution < 1.29 is 4.42 Å². The molecule has 19 heavy (non-hydrogen) atoms. The first-order chi connectivity index (χ1) is 9.40. The molecule has 1 aliphatic rings. The van der Waals surface area contributed by atoms with E-state index >= 15 is 0 Å². The second-order valence-corrected chi connectivity index (χ2v) is 5.39. The molecule has 5 heteroatoms. The van der Waals surface area contributed by atoms with Crippen molar-refractivity contribution in [1.82, 2.24) is 4.98 Å². The Bertz CT molecular complexity index is 745. The van der Waals surface area contributed by atoms with E-state index in [1.807, 2.05) is 18.5 Å². The number of fused-ring (bicyclic) bond motifs is 1. The number of aliphatic imine (C=N–C) groups is 1. The van der Waals surface area contributed by atoms with Crippen molar-refractivity contribution in [3.63, 3.8) is 0 Å². The Morgan fingerprint density at radius 2 is 2.26 bits per heavy atom. The number of rotatable bonds is 2. The van der Waals surface area contributed by atoms with Crippen molar-refractivity contribution in [2.24, 2.45) is 4.99 Å². The van der Waals surface area contributed by atoms with Crippen LogP contribution in [0.15, 0.2) is 46.0 Å². The summed E-state index contributed by atoms with van der Waals surface area (Å²) in [5.41, 5.74) is 2.18. The SMILES string of the molecule is C1=NCCN1c1ccc2nc(-c3ccco3)sc2c1. The van der Waals surface area contributed by atoms with Crippen LogP contribution in [0.25, 0.3) is 21.0 Å². The fourth-order valence-electron chi connectivity index (χ4n) is 2.17. The summed E-state index contributed by atoms with van der Waals surface area (Å²) in [5, 5.41) is 0.923. The van der Waals surface area contributed by atoms with Gasteiger partial charge in [0.1, 0.15) is 0 Å². The average Bonchev–Trinajstić information content (AvgIpc) is 3.18. The summed E-state index contributed by atoms with van der Waals surface area (Å²) < 4.78 is 6.57. The molecule has 1 aliphatic heterocycles. The van der Waals surface area contributed by atoms with Crippen LogP contribution in [0.3, 0.4) is 0 Å². The number of anilines is 1. The highest BCUT2D eigenvalue weighted by molar-refractivity contribution is 7.21. The molecule has 4 nitrogen and oxygen atoms in total. The van der Waals surface area contributed by atoms with Crippen LogP contribution in [0.1, 0.15) is 0 Å². The predicted molar refractivity (Wildman–Crippen MR) is 78.0 cm³/mol. The second kappa shape index (κ2) is 4.20. The van der Waals surface area contributed by atoms with Crippen LogP contribution in [0.2, 0.25) is 0 Å². The van der Waals surface area contributed by atoms with E-state index in [2.05, 4.69) is 33.1 Å². The van der Waals surface area contributed by atoms with Gasteiger partial charge in [-0.1, -0.05) is 0 Å². The summed E-state index contributed by atoms with van der Waals surface area (Å²) in [7, 11) is 0. The molecule has 0 unspecified atom stereocenters. The van der Waals surface area contributed by atoms with Gasteiger partial charge in [-0.05, 0) is 30.3 Å². The molecular formula is C14H11N3OS. The summed E-state index contributed by atoms with van der Waals surface area (Å²) in [6.07, 6.45) is 3.57. The van der Waals surface area contributed by atoms with Gasteiger partial charge in [0.15, 0.2) is 10.8 Å². The molecule has 0 N–H and O–H groups in total. The number of furan rings is 1. The van der Waals surface area contributed by atoms with Gasteiger partial charge in [-0.15, -0.1) is 11.3 Å². The summed E-state index contributed by atoms with van der Waals surface area (Å²) in [5.74, 6) is 0.825. The maximum atomic E-state index is 5.40. The van der Waals surface area contributed by atoms with Crippen molar-refractivity contribution in [2.75, 3.05) is 18.0 Å². The molecule has 0 saturated carbocycles. The lowest BCUT2D eigenvalue weighted by atomic mass is 10.3. The number of hydrogen-bond donors (Lipinski definition) is 0. The lowest BCUT2D eigenvalue weighted by Gasteiger charge is -2.13. The van der Waals surface area contributed by atoms with Gasteiger partial charge in [0.25, 0.3) is 0 Å². The highest BCUT2D eigenvalue weighted by Gasteiger charge is 2.12. The van der Waals surface area contributed by atoms with Crippen LogP contribution in [0.5, 0.6) is 0 Å². The maximum Gasteiger partial charge on any atom is 0.162 e. The summed E-state index contributed by atoms with van der Waals surface area (Å²) in [6.45, 7) is 1.83. The largest absolute Gasteiger partial charge is 0.462 e. The summed E-state index contributed by atoms with van der Waals surface area (Å²) in [4.78, 5) is 11.0. The van der Waals surface area contributed by atoms with E-state index in [0.29, 0.717) is 0 Å². The standard InChI is InChI=1S/C14H11N3OS/c1-2-12(18-7-1)14-16-11-4-3-10(8-13(11)19-14)17-6-5-15-9-17/h1-4,7-9H,5-6H2. The van der Waals surface area contributed by atoms with Gasteiger partial charge >= 0.3 is 0 Å². The molecule has 0 saturated heterocycles. The first-order valence-corrected chi connectivity index (χ1v) is 6.93.